The first-order valence-electron chi connectivity index (χ1n) is 15.2. The number of hydrogen-bond donors (Lipinski definition) is 0. The summed E-state index contributed by atoms with van der Waals surface area (Å²) in [6, 6.07) is 26.0. The Morgan fingerprint density at radius 1 is 0.778 bits per heavy atom. The molecule has 2 aliphatic rings. The van der Waals surface area contributed by atoms with E-state index in [4.69, 9.17) is 23.5 Å². The molecule has 0 aliphatic carbocycles. The molecular weight excluding hydrogens is 590 g/mol. The molecule has 0 bridgehead atoms. The van der Waals surface area contributed by atoms with Crippen molar-refractivity contribution in [1.29, 1.82) is 0 Å². The maximum absolute atomic E-state index is 13.3. The van der Waals surface area contributed by atoms with Crippen LogP contribution in [-0.2, 0) is 41.5 Å². The van der Waals surface area contributed by atoms with Gasteiger partial charge in [-0.3, -0.25) is 9.59 Å². The lowest BCUT2D eigenvalue weighted by atomic mass is 10.1. The van der Waals surface area contributed by atoms with E-state index in [0.717, 1.165) is 11.1 Å². The fourth-order valence-corrected chi connectivity index (χ4v) is 6.47. The minimum absolute atomic E-state index is 0.135. The lowest BCUT2D eigenvalue weighted by Gasteiger charge is -2.40. The van der Waals surface area contributed by atoms with E-state index >= 15 is 0 Å². The number of imide groups is 1. The molecule has 0 radical (unpaired) electrons. The Labute approximate surface area is 265 Å². The maximum atomic E-state index is 13.3. The molecule has 5 rings (SSSR count). The van der Waals surface area contributed by atoms with Crippen LogP contribution in [0.15, 0.2) is 84.9 Å². The molecule has 0 spiro atoms. The second kappa shape index (κ2) is 13.8. The molecule has 9 nitrogen and oxygen atoms in total. The molecule has 3 aromatic rings. The van der Waals surface area contributed by atoms with E-state index in [1.165, 1.54) is 12.1 Å². The Bertz CT molecular complexity index is 1460. The van der Waals surface area contributed by atoms with Crippen LogP contribution in [0.25, 0.3) is 0 Å². The van der Waals surface area contributed by atoms with Crippen LogP contribution in [0.2, 0.25) is 18.1 Å². The van der Waals surface area contributed by atoms with Crippen molar-refractivity contribution in [3.63, 3.8) is 0 Å². The molecule has 0 saturated carbocycles. The number of benzene rings is 3. The minimum atomic E-state index is -2.40. The first-order valence-corrected chi connectivity index (χ1v) is 18.1. The van der Waals surface area contributed by atoms with Gasteiger partial charge >= 0.3 is 5.97 Å². The predicted molar refractivity (Wildman–Crippen MR) is 169 cm³/mol. The third kappa shape index (κ3) is 7.59. The Morgan fingerprint density at radius 2 is 1.31 bits per heavy atom. The van der Waals surface area contributed by atoms with Crippen molar-refractivity contribution in [3.05, 3.63) is 107 Å². The van der Waals surface area contributed by atoms with Gasteiger partial charge in [0.05, 0.1) is 43.5 Å². The predicted octanol–water partition coefficient (Wildman–Crippen LogP) is 6.09. The van der Waals surface area contributed by atoms with Gasteiger partial charge in [0.15, 0.2) is 8.32 Å². The standard InChI is InChI=1S/C35H41NO8Si/c1-35(2,3)45(4,5)44-32-28(20-30(37)43-36-33(38)26-18-12-13-19-27(26)34(36)39)42-29(23-40-21-24-14-8-6-9-15-24)31(32)41-22-25-16-10-7-11-17-25/h6-19,28-29,31-32H,20-23H2,1-5H3/t28-,29+,31-,32-/m0/s1. The highest BCUT2D eigenvalue weighted by molar-refractivity contribution is 6.74. The monoisotopic (exact) mass is 631 g/mol. The van der Waals surface area contributed by atoms with Gasteiger partial charge in [-0.1, -0.05) is 98.6 Å². The number of amides is 2. The summed E-state index contributed by atoms with van der Waals surface area (Å²) in [5.74, 6) is -2.14. The molecule has 4 atom stereocenters. The Balaban J connectivity index is 1.36. The average Bonchev–Trinajstić information content (AvgIpc) is 3.44. The van der Waals surface area contributed by atoms with E-state index in [9.17, 15) is 14.4 Å². The average molecular weight is 632 g/mol. The summed E-state index contributed by atoms with van der Waals surface area (Å²) in [5, 5.41) is 0.388. The van der Waals surface area contributed by atoms with Gasteiger partial charge in [0.25, 0.3) is 11.8 Å². The largest absolute Gasteiger partial charge is 0.408 e. The summed E-state index contributed by atoms with van der Waals surface area (Å²) in [7, 11) is -2.40. The Morgan fingerprint density at radius 3 is 1.87 bits per heavy atom. The molecule has 10 heteroatoms. The van der Waals surface area contributed by atoms with Crippen molar-refractivity contribution in [2.24, 2.45) is 0 Å². The van der Waals surface area contributed by atoms with Crippen LogP contribution in [0.1, 0.15) is 59.0 Å². The van der Waals surface area contributed by atoms with Gasteiger partial charge in [0.2, 0.25) is 0 Å². The van der Waals surface area contributed by atoms with E-state index in [1.807, 2.05) is 60.7 Å². The third-order valence-corrected chi connectivity index (χ3v) is 13.1. The van der Waals surface area contributed by atoms with Gasteiger partial charge in [0, 0.05) is 0 Å². The topological polar surface area (TPSA) is 101 Å². The van der Waals surface area contributed by atoms with Gasteiger partial charge in [-0.2, -0.15) is 0 Å². The van der Waals surface area contributed by atoms with Gasteiger partial charge in [-0.25, -0.2) is 4.79 Å². The van der Waals surface area contributed by atoms with Gasteiger partial charge in [-0.05, 0) is 41.4 Å². The second-order valence-electron chi connectivity index (χ2n) is 12.9. The summed E-state index contributed by atoms with van der Waals surface area (Å²) in [6.45, 7) is 11.6. The molecule has 2 amide bonds. The zero-order chi connectivity index (χ0) is 32.2. The SMILES string of the molecule is CC(C)(C)[Si](C)(C)O[C@@H]1[C@@H](OCc2ccccc2)[C@@H](COCc2ccccc2)O[C@H]1CC(=O)ON1C(=O)c2ccccc2C1=O. The van der Waals surface area contributed by atoms with Gasteiger partial charge in [0.1, 0.15) is 18.3 Å². The molecule has 45 heavy (non-hydrogen) atoms. The molecule has 0 unspecified atom stereocenters. The van der Waals surface area contributed by atoms with Crippen LogP contribution in [0, 0.1) is 0 Å². The van der Waals surface area contributed by atoms with Crippen molar-refractivity contribution >= 4 is 26.1 Å². The normalized spacial score (nSPS) is 21.7. The van der Waals surface area contributed by atoms with Crippen molar-refractivity contribution in [1.82, 2.24) is 5.06 Å². The number of carbonyl (C=O) groups excluding carboxylic acids is 3. The van der Waals surface area contributed by atoms with E-state index in [-0.39, 0.29) is 29.2 Å². The van der Waals surface area contributed by atoms with E-state index in [1.54, 1.807) is 12.1 Å². The lowest BCUT2D eigenvalue weighted by molar-refractivity contribution is -0.172. The number of ether oxygens (including phenoxy) is 3. The van der Waals surface area contributed by atoms with E-state index in [0.29, 0.717) is 18.3 Å². The van der Waals surface area contributed by atoms with Crippen LogP contribution in [0.4, 0.5) is 0 Å². The molecule has 1 saturated heterocycles. The number of nitrogens with zero attached hydrogens (tertiary/aromatic N) is 1. The molecule has 0 N–H and O–H groups in total. The van der Waals surface area contributed by atoms with Crippen LogP contribution >= 0.6 is 0 Å². The molecule has 2 aliphatic heterocycles. The Kier molecular flexibility index (Phi) is 10.0. The lowest BCUT2D eigenvalue weighted by Crippen LogP contribution is -2.50. The minimum Gasteiger partial charge on any atom is -0.408 e. The highest BCUT2D eigenvalue weighted by atomic mass is 28.4. The second-order valence-corrected chi connectivity index (χ2v) is 17.7. The summed E-state index contributed by atoms with van der Waals surface area (Å²) < 4.78 is 26.0. The number of carbonyl (C=O) groups is 3. The molecule has 3 aromatic carbocycles. The summed E-state index contributed by atoms with van der Waals surface area (Å²) >= 11 is 0. The Hall–Kier alpha value is -3.67. The van der Waals surface area contributed by atoms with Crippen molar-refractivity contribution < 1.29 is 37.9 Å². The van der Waals surface area contributed by atoms with Crippen LogP contribution in [0.3, 0.4) is 0 Å². The molecule has 1 fully saturated rings. The summed E-state index contributed by atoms with van der Waals surface area (Å²) in [6.07, 6.45) is -2.77. The highest BCUT2D eigenvalue weighted by Crippen LogP contribution is 2.41. The number of hydroxylamine groups is 2. The first-order chi connectivity index (χ1) is 21.4. The number of rotatable bonds is 12. The van der Waals surface area contributed by atoms with Crippen LogP contribution < -0.4 is 0 Å². The van der Waals surface area contributed by atoms with Crippen molar-refractivity contribution in [3.8, 4) is 0 Å². The summed E-state index contributed by atoms with van der Waals surface area (Å²) in [5.41, 5.74) is 2.39. The first kappa shape index (κ1) is 32.7. The molecule has 2 heterocycles. The number of hydrogen-bond acceptors (Lipinski definition) is 8. The maximum Gasteiger partial charge on any atom is 0.335 e. The molecule has 238 valence electrons. The smallest absolute Gasteiger partial charge is 0.335 e. The molecule has 0 aromatic heterocycles. The third-order valence-electron chi connectivity index (χ3n) is 8.64. The quantitative estimate of drug-likeness (QED) is 0.175. The number of fused-ring (bicyclic) bond motifs is 1. The zero-order valence-electron chi connectivity index (χ0n) is 26.4. The fraction of sp³-hybridized carbons (Fsp3) is 0.400. The van der Waals surface area contributed by atoms with Crippen LogP contribution in [0.5, 0.6) is 0 Å². The van der Waals surface area contributed by atoms with Gasteiger partial charge < -0.3 is 23.5 Å². The molecular formula is C35H41NO8Si. The van der Waals surface area contributed by atoms with Crippen molar-refractivity contribution in [2.45, 2.75) is 83.0 Å². The van der Waals surface area contributed by atoms with Crippen LogP contribution in [-0.4, -0.2) is 62.2 Å². The van der Waals surface area contributed by atoms with Crippen molar-refractivity contribution in [2.75, 3.05) is 6.61 Å². The fourth-order valence-electron chi connectivity index (χ4n) is 5.15. The van der Waals surface area contributed by atoms with E-state index in [2.05, 4.69) is 33.9 Å². The summed E-state index contributed by atoms with van der Waals surface area (Å²) in [4.78, 5) is 44.4. The van der Waals surface area contributed by atoms with E-state index < -0.39 is 50.5 Å². The van der Waals surface area contributed by atoms with Gasteiger partial charge in [-0.15, -0.1) is 0 Å². The highest BCUT2D eigenvalue weighted by Gasteiger charge is 2.52. The zero-order valence-corrected chi connectivity index (χ0v) is 27.4.